The predicted molar refractivity (Wildman–Crippen MR) is 103 cm³/mol. The Labute approximate surface area is 157 Å². The standard InChI is InChI=1S/C22H22FNO3/c1-24-22(25)20-19-16-6-4-2-3-5-13-26-17(16)11-12-18(19)27-21(20)14-7-9-15(23)10-8-14/h7-12H,2-6,13H2,1H3,(H,24,25). The van der Waals surface area contributed by atoms with Crippen LogP contribution in [-0.2, 0) is 6.42 Å². The number of furan rings is 1. The molecule has 5 heteroatoms. The van der Waals surface area contributed by atoms with Crippen molar-refractivity contribution in [1.29, 1.82) is 0 Å². The molecule has 3 aromatic rings. The summed E-state index contributed by atoms with van der Waals surface area (Å²) in [6.45, 7) is 0.677. The number of carbonyl (C=O) groups excluding carboxylic acids is 1. The van der Waals surface area contributed by atoms with E-state index in [4.69, 9.17) is 9.15 Å². The molecule has 2 heterocycles. The fraction of sp³-hybridized carbons (Fsp3) is 0.318. The molecule has 0 bridgehead atoms. The summed E-state index contributed by atoms with van der Waals surface area (Å²) < 4.78 is 25.4. The summed E-state index contributed by atoms with van der Waals surface area (Å²) >= 11 is 0. The SMILES string of the molecule is CNC(=O)c1c(-c2ccc(F)cc2)oc2ccc3c(c12)CCCCCCO3. The Kier molecular flexibility index (Phi) is 4.84. The fourth-order valence-electron chi connectivity index (χ4n) is 3.71. The van der Waals surface area contributed by atoms with Gasteiger partial charge in [-0.1, -0.05) is 12.8 Å². The molecule has 0 spiro atoms. The Morgan fingerprint density at radius 1 is 1.04 bits per heavy atom. The van der Waals surface area contributed by atoms with Crippen LogP contribution in [0.15, 0.2) is 40.8 Å². The smallest absolute Gasteiger partial charge is 0.255 e. The number of fused-ring (bicyclic) bond motifs is 3. The number of hydrogen-bond acceptors (Lipinski definition) is 3. The minimum absolute atomic E-state index is 0.221. The van der Waals surface area contributed by atoms with Crippen molar-refractivity contribution in [2.24, 2.45) is 0 Å². The van der Waals surface area contributed by atoms with E-state index in [1.165, 1.54) is 12.1 Å². The van der Waals surface area contributed by atoms with E-state index >= 15 is 0 Å². The molecule has 0 atom stereocenters. The maximum atomic E-state index is 13.4. The van der Waals surface area contributed by atoms with Crippen molar-refractivity contribution in [2.75, 3.05) is 13.7 Å². The number of carbonyl (C=O) groups is 1. The quantitative estimate of drug-likeness (QED) is 0.686. The van der Waals surface area contributed by atoms with Crippen molar-refractivity contribution < 1.29 is 18.3 Å². The van der Waals surface area contributed by atoms with Crippen molar-refractivity contribution in [1.82, 2.24) is 5.32 Å². The van der Waals surface area contributed by atoms with Gasteiger partial charge in [-0.3, -0.25) is 4.79 Å². The first kappa shape index (κ1) is 17.6. The molecule has 140 valence electrons. The van der Waals surface area contributed by atoms with Gasteiger partial charge in [0, 0.05) is 23.6 Å². The zero-order valence-electron chi connectivity index (χ0n) is 15.3. The first-order chi connectivity index (χ1) is 13.2. The summed E-state index contributed by atoms with van der Waals surface area (Å²) in [6.07, 6.45) is 5.19. The molecule has 0 radical (unpaired) electrons. The molecule has 0 aliphatic carbocycles. The number of aryl methyl sites for hydroxylation is 1. The van der Waals surface area contributed by atoms with Gasteiger partial charge in [-0.05, 0) is 55.7 Å². The molecule has 1 aliphatic heterocycles. The number of benzene rings is 2. The average Bonchev–Trinajstić information content (AvgIpc) is 3.11. The van der Waals surface area contributed by atoms with Crippen molar-refractivity contribution in [3.05, 3.63) is 53.3 Å². The highest BCUT2D eigenvalue weighted by atomic mass is 19.1. The Bertz CT molecular complexity index is 975. The highest BCUT2D eigenvalue weighted by Crippen LogP contribution is 2.40. The Morgan fingerprint density at radius 3 is 2.59 bits per heavy atom. The lowest BCUT2D eigenvalue weighted by Crippen LogP contribution is -2.18. The summed E-state index contributed by atoms with van der Waals surface area (Å²) in [6, 6.07) is 9.78. The third-order valence-electron chi connectivity index (χ3n) is 5.06. The van der Waals surface area contributed by atoms with Crippen LogP contribution < -0.4 is 10.1 Å². The second-order valence-corrected chi connectivity index (χ2v) is 6.82. The zero-order valence-corrected chi connectivity index (χ0v) is 15.3. The van der Waals surface area contributed by atoms with Crippen LogP contribution >= 0.6 is 0 Å². The summed E-state index contributed by atoms with van der Waals surface area (Å²) in [5.41, 5.74) is 2.82. The van der Waals surface area contributed by atoms with E-state index in [1.54, 1.807) is 19.2 Å². The van der Waals surface area contributed by atoms with Gasteiger partial charge in [-0.2, -0.15) is 0 Å². The predicted octanol–water partition coefficient (Wildman–Crippen LogP) is 5.09. The summed E-state index contributed by atoms with van der Waals surface area (Å²) in [4.78, 5) is 12.8. The van der Waals surface area contributed by atoms with Gasteiger partial charge in [0.05, 0.1) is 12.2 Å². The van der Waals surface area contributed by atoms with Crippen molar-refractivity contribution in [3.8, 4) is 17.1 Å². The molecular weight excluding hydrogens is 345 g/mol. The van der Waals surface area contributed by atoms with Crippen LogP contribution in [0.5, 0.6) is 5.75 Å². The monoisotopic (exact) mass is 367 g/mol. The van der Waals surface area contributed by atoms with E-state index in [9.17, 15) is 9.18 Å². The van der Waals surface area contributed by atoms with Gasteiger partial charge in [0.1, 0.15) is 22.9 Å². The number of hydrogen-bond donors (Lipinski definition) is 1. The minimum Gasteiger partial charge on any atom is -0.493 e. The molecule has 4 nitrogen and oxygen atoms in total. The third-order valence-corrected chi connectivity index (χ3v) is 5.06. The van der Waals surface area contributed by atoms with Crippen LogP contribution in [0.2, 0.25) is 0 Å². The van der Waals surface area contributed by atoms with Gasteiger partial charge in [0.25, 0.3) is 5.91 Å². The van der Waals surface area contributed by atoms with Crippen LogP contribution in [0.4, 0.5) is 4.39 Å². The van der Waals surface area contributed by atoms with E-state index in [2.05, 4.69) is 5.32 Å². The number of halogens is 1. The second-order valence-electron chi connectivity index (χ2n) is 6.82. The van der Waals surface area contributed by atoms with Gasteiger partial charge in [-0.15, -0.1) is 0 Å². The van der Waals surface area contributed by atoms with Crippen LogP contribution in [0.25, 0.3) is 22.3 Å². The van der Waals surface area contributed by atoms with E-state index in [0.29, 0.717) is 29.1 Å². The van der Waals surface area contributed by atoms with Gasteiger partial charge in [0.2, 0.25) is 0 Å². The molecule has 0 saturated heterocycles. The summed E-state index contributed by atoms with van der Waals surface area (Å²) in [5, 5.41) is 3.51. The van der Waals surface area contributed by atoms with E-state index in [1.807, 2.05) is 12.1 Å². The summed E-state index contributed by atoms with van der Waals surface area (Å²) in [5.74, 6) is 0.728. The molecule has 4 rings (SSSR count). The van der Waals surface area contributed by atoms with Crippen LogP contribution in [-0.4, -0.2) is 19.6 Å². The Hall–Kier alpha value is -2.82. The van der Waals surface area contributed by atoms with E-state index < -0.39 is 0 Å². The molecular formula is C22H22FNO3. The number of nitrogens with one attached hydrogen (secondary N) is 1. The minimum atomic E-state index is -0.328. The normalized spacial score (nSPS) is 14.6. The van der Waals surface area contributed by atoms with Gasteiger partial charge >= 0.3 is 0 Å². The maximum absolute atomic E-state index is 13.4. The van der Waals surface area contributed by atoms with Crippen molar-refractivity contribution in [3.63, 3.8) is 0 Å². The van der Waals surface area contributed by atoms with Crippen LogP contribution in [0.3, 0.4) is 0 Å². The van der Waals surface area contributed by atoms with Crippen LogP contribution in [0.1, 0.15) is 41.6 Å². The lowest BCUT2D eigenvalue weighted by atomic mass is 9.97. The van der Waals surface area contributed by atoms with Gasteiger partial charge in [-0.25, -0.2) is 4.39 Å². The molecule has 0 fully saturated rings. The topological polar surface area (TPSA) is 51.5 Å². The van der Waals surface area contributed by atoms with Crippen LogP contribution in [0, 0.1) is 5.82 Å². The molecule has 1 amide bonds. The number of rotatable bonds is 2. The first-order valence-corrected chi connectivity index (χ1v) is 9.38. The average molecular weight is 367 g/mol. The largest absolute Gasteiger partial charge is 0.493 e. The fourth-order valence-corrected chi connectivity index (χ4v) is 3.71. The molecule has 27 heavy (non-hydrogen) atoms. The van der Waals surface area contributed by atoms with E-state index in [0.717, 1.165) is 48.8 Å². The van der Waals surface area contributed by atoms with E-state index in [-0.39, 0.29) is 11.7 Å². The molecule has 1 aliphatic rings. The molecule has 1 aromatic heterocycles. The van der Waals surface area contributed by atoms with Crippen molar-refractivity contribution in [2.45, 2.75) is 32.1 Å². The highest BCUT2D eigenvalue weighted by Gasteiger charge is 2.25. The molecule has 0 unspecified atom stereocenters. The Morgan fingerprint density at radius 2 is 1.81 bits per heavy atom. The van der Waals surface area contributed by atoms with Crippen molar-refractivity contribution >= 4 is 16.9 Å². The lowest BCUT2D eigenvalue weighted by Gasteiger charge is -2.11. The third kappa shape index (κ3) is 3.29. The number of amides is 1. The number of ether oxygens (including phenoxy) is 1. The van der Waals surface area contributed by atoms with Gasteiger partial charge in [0.15, 0.2) is 0 Å². The Balaban J connectivity index is 1.97. The zero-order chi connectivity index (χ0) is 18.8. The molecule has 0 saturated carbocycles. The maximum Gasteiger partial charge on any atom is 0.255 e. The first-order valence-electron chi connectivity index (χ1n) is 9.38. The highest BCUT2D eigenvalue weighted by molar-refractivity contribution is 6.12. The summed E-state index contributed by atoms with van der Waals surface area (Å²) in [7, 11) is 1.60. The lowest BCUT2D eigenvalue weighted by molar-refractivity contribution is 0.0964. The van der Waals surface area contributed by atoms with Gasteiger partial charge < -0.3 is 14.5 Å². The molecule has 1 N–H and O–H groups in total. The molecule has 2 aromatic carbocycles. The second kappa shape index (κ2) is 7.43.